The number of nitrogens with one attached hydrogen (secondary N) is 1. The maximum absolute atomic E-state index is 14.2. The molecule has 1 saturated carbocycles. The first-order valence-electron chi connectivity index (χ1n) is 9.15. The number of carbonyl (C=O) groups is 1. The lowest BCUT2D eigenvalue weighted by atomic mass is 9.78. The summed E-state index contributed by atoms with van der Waals surface area (Å²) in [7, 11) is -0.605. The van der Waals surface area contributed by atoms with Crippen molar-refractivity contribution in [3.05, 3.63) is 29.6 Å². The molecule has 3 rings (SSSR count). The highest BCUT2D eigenvalue weighted by Gasteiger charge is 2.51. The fraction of sp³-hybridized carbons (Fsp3) is 0.632. The number of rotatable bonds is 3. The molecule has 6 heteroatoms. The zero-order chi connectivity index (χ0) is 18.2. The predicted octanol–water partition coefficient (Wildman–Crippen LogP) is 3.19. The molecule has 2 aliphatic rings. The molecular weight excluding hydrogens is 320 g/mol. The Morgan fingerprint density at radius 3 is 2.32 bits per heavy atom. The minimum Gasteiger partial charge on any atom is -0.399 e. The summed E-state index contributed by atoms with van der Waals surface area (Å²) in [6, 6.07) is 4.63. The van der Waals surface area contributed by atoms with Gasteiger partial charge >= 0.3 is 7.12 Å². The first-order chi connectivity index (χ1) is 11.7. The van der Waals surface area contributed by atoms with E-state index in [1.54, 1.807) is 12.1 Å². The molecule has 2 fully saturated rings. The van der Waals surface area contributed by atoms with Crippen molar-refractivity contribution in [1.29, 1.82) is 0 Å². The van der Waals surface area contributed by atoms with Gasteiger partial charge in [-0.15, -0.1) is 0 Å². The largest absolute Gasteiger partial charge is 0.494 e. The zero-order valence-corrected chi connectivity index (χ0v) is 15.5. The number of hydrogen-bond donors (Lipinski definition) is 1. The molecule has 1 N–H and O–H groups in total. The summed E-state index contributed by atoms with van der Waals surface area (Å²) in [5.41, 5.74) is -0.237. The number of hydrogen-bond acceptors (Lipinski definition) is 3. The molecular formula is C19H27BFNO3. The van der Waals surface area contributed by atoms with Crippen LogP contribution in [0.25, 0.3) is 0 Å². The Labute approximate surface area is 149 Å². The highest BCUT2D eigenvalue weighted by molar-refractivity contribution is 6.62. The van der Waals surface area contributed by atoms with Crippen molar-refractivity contribution in [2.45, 2.75) is 77.0 Å². The second kappa shape index (κ2) is 6.73. The van der Waals surface area contributed by atoms with Crippen LogP contribution >= 0.6 is 0 Å². The van der Waals surface area contributed by atoms with Gasteiger partial charge in [-0.2, -0.15) is 0 Å². The summed E-state index contributed by atoms with van der Waals surface area (Å²) >= 11 is 0. The van der Waals surface area contributed by atoms with Gasteiger partial charge in [-0.05, 0) is 58.1 Å². The molecule has 1 heterocycles. The molecule has 0 unspecified atom stereocenters. The van der Waals surface area contributed by atoms with Gasteiger partial charge in [0.15, 0.2) is 0 Å². The second-order valence-electron chi connectivity index (χ2n) is 8.14. The van der Waals surface area contributed by atoms with Crippen molar-refractivity contribution in [2.24, 2.45) is 0 Å². The number of benzene rings is 1. The van der Waals surface area contributed by atoms with E-state index in [1.807, 2.05) is 27.7 Å². The van der Waals surface area contributed by atoms with Gasteiger partial charge in [-0.1, -0.05) is 25.3 Å². The van der Waals surface area contributed by atoms with Gasteiger partial charge < -0.3 is 14.6 Å². The molecule has 1 aromatic carbocycles. The highest BCUT2D eigenvalue weighted by Crippen LogP contribution is 2.36. The van der Waals surface area contributed by atoms with Crippen LogP contribution in [-0.4, -0.2) is 30.3 Å². The highest BCUT2D eigenvalue weighted by atomic mass is 19.1. The van der Waals surface area contributed by atoms with E-state index in [-0.39, 0.29) is 17.5 Å². The SMILES string of the molecule is CC1(C)OB(c2ccc(F)c(C(=O)NC3CCCCC3)c2)OC1(C)C. The Balaban J connectivity index is 1.78. The predicted molar refractivity (Wildman–Crippen MR) is 96.5 cm³/mol. The summed E-state index contributed by atoms with van der Waals surface area (Å²) in [4.78, 5) is 12.5. The number of halogens is 1. The third-order valence-electron chi connectivity index (χ3n) is 5.70. The van der Waals surface area contributed by atoms with Gasteiger partial charge in [0.1, 0.15) is 5.82 Å². The van der Waals surface area contributed by atoms with Crippen LogP contribution in [-0.2, 0) is 9.31 Å². The van der Waals surface area contributed by atoms with Gasteiger partial charge in [-0.3, -0.25) is 4.79 Å². The lowest BCUT2D eigenvalue weighted by Crippen LogP contribution is -2.41. The molecule has 1 amide bonds. The number of amides is 1. The fourth-order valence-electron chi connectivity index (χ4n) is 3.35. The third-order valence-corrected chi connectivity index (χ3v) is 5.70. The van der Waals surface area contributed by atoms with Crippen molar-refractivity contribution >= 4 is 18.5 Å². The zero-order valence-electron chi connectivity index (χ0n) is 15.5. The van der Waals surface area contributed by atoms with E-state index in [9.17, 15) is 9.18 Å². The van der Waals surface area contributed by atoms with Crippen molar-refractivity contribution < 1.29 is 18.5 Å². The second-order valence-corrected chi connectivity index (χ2v) is 8.14. The standard InChI is InChI=1S/C19H27BFNO3/c1-18(2)19(3,4)25-20(24-18)13-10-11-16(21)15(12-13)17(23)22-14-8-6-5-7-9-14/h10-12,14H,5-9H2,1-4H3,(H,22,23). The molecule has 1 aliphatic heterocycles. The minimum absolute atomic E-state index is 0.0535. The van der Waals surface area contributed by atoms with Crippen LogP contribution in [0.15, 0.2) is 18.2 Å². The lowest BCUT2D eigenvalue weighted by molar-refractivity contribution is 0.00578. The summed E-state index contributed by atoms with van der Waals surface area (Å²) in [5.74, 6) is -0.878. The summed E-state index contributed by atoms with van der Waals surface area (Å²) in [5, 5.41) is 2.97. The first kappa shape index (κ1) is 18.4. The van der Waals surface area contributed by atoms with Crippen LogP contribution in [0.5, 0.6) is 0 Å². The maximum atomic E-state index is 14.2. The summed E-state index contributed by atoms with van der Waals surface area (Å²) < 4.78 is 26.2. The number of carbonyl (C=O) groups excluding carboxylic acids is 1. The normalized spacial score (nSPS) is 22.8. The van der Waals surface area contributed by atoms with Crippen molar-refractivity contribution in [1.82, 2.24) is 5.32 Å². The van der Waals surface area contributed by atoms with E-state index in [0.717, 1.165) is 25.7 Å². The molecule has 0 radical (unpaired) electrons. The monoisotopic (exact) mass is 347 g/mol. The molecule has 1 aromatic rings. The average molecular weight is 347 g/mol. The summed E-state index contributed by atoms with van der Waals surface area (Å²) in [6.07, 6.45) is 5.36. The maximum Gasteiger partial charge on any atom is 0.494 e. The first-order valence-corrected chi connectivity index (χ1v) is 9.15. The smallest absolute Gasteiger partial charge is 0.399 e. The quantitative estimate of drug-likeness (QED) is 0.855. The van der Waals surface area contributed by atoms with Crippen molar-refractivity contribution in [3.8, 4) is 0 Å². The Kier molecular flexibility index (Phi) is 4.95. The Bertz CT molecular complexity index is 640. The van der Waals surface area contributed by atoms with Crippen LogP contribution in [0.4, 0.5) is 4.39 Å². The van der Waals surface area contributed by atoms with Crippen molar-refractivity contribution in [2.75, 3.05) is 0 Å². The molecule has 0 aromatic heterocycles. The van der Waals surface area contributed by atoms with Gasteiger partial charge in [0.2, 0.25) is 0 Å². The molecule has 25 heavy (non-hydrogen) atoms. The third kappa shape index (κ3) is 3.75. The van der Waals surface area contributed by atoms with Crippen LogP contribution < -0.4 is 10.8 Å². The molecule has 0 atom stereocenters. The Morgan fingerprint density at radius 1 is 1.12 bits per heavy atom. The Morgan fingerprint density at radius 2 is 1.72 bits per heavy atom. The molecule has 1 aliphatic carbocycles. The molecule has 0 bridgehead atoms. The van der Waals surface area contributed by atoms with E-state index < -0.39 is 24.1 Å². The van der Waals surface area contributed by atoms with E-state index in [0.29, 0.717) is 5.46 Å². The minimum atomic E-state index is -0.605. The fourth-order valence-corrected chi connectivity index (χ4v) is 3.35. The van der Waals surface area contributed by atoms with E-state index in [4.69, 9.17) is 9.31 Å². The van der Waals surface area contributed by atoms with E-state index in [2.05, 4.69) is 5.32 Å². The lowest BCUT2D eigenvalue weighted by Gasteiger charge is -2.32. The average Bonchev–Trinajstić information content (AvgIpc) is 2.76. The van der Waals surface area contributed by atoms with Gasteiger partial charge in [0.05, 0.1) is 16.8 Å². The van der Waals surface area contributed by atoms with Crippen LogP contribution in [0.1, 0.15) is 70.2 Å². The van der Waals surface area contributed by atoms with Crippen LogP contribution in [0.2, 0.25) is 0 Å². The Hall–Kier alpha value is -1.40. The summed E-state index contributed by atoms with van der Waals surface area (Å²) in [6.45, 7) is 7.86. The van der Waals surface area contributed by atoms with Crippen molar-refractivity contribution in [3.63, 3.8) is 0 Å². The van der Waals surface area contributed by atoms with Crippen LogP contribution in [0, 0.1) is 5.82 Å². The van der Waals surface area contributed by atoms with E-state index >= 15 is 0 Å². The molecule has 1 saturated heterocycles. The molecule has 4 nitrogen and oxygen atoms in total. The van der Waals surface area contributed by atoms with Crippen LogP contribution in [0.3, 0.4) is 0 Å². The van der Waals surface area contributed by atoms with Gasteiger partial charge in [-0.25, -0.2) is 4.39 Å². The van der Waals surface area contributed by atoms with E-state index in [1.165, 1.54) is 12.5 Å². The molecule has 136 valence electrons. The van der Waals surface area contributed by atoms with Gasteiger partial charge in [0.25, 0.3) is 5.91 Å². The topological polar surface area (TPSA) is 47.6 Å². The van der Waals surface area contributed by atoms with Gasteiger partial charge in [0, 0.05) is 6.04 Å². The molecule has 0 spiro atoms.